The monoisotopic (exact) mass is 446 g/mol. The standard InChI is InChI=1S/C25H28Cl2O3/c1-23(2,3)13-9-15(21(26)28)19-17(11-13)25(7,8)18-12-14(24(4,5)6)10-16(22(27)29)20(18)30-19/h9-12H,1-8H3. The molecule has 0 saturated carbocycles. The van der Waals surface area contributed by atoms with Crippen LogP contribution in [0.3, 0.4) is 0 Å². The van der Waals surface area contributed by atoms with E-state index in [-0.39, 0.29) is 10.8 Å². The zero-order valence-corrected chi connectivity index (χ0v) is 20.3. The van der Waals surface area contributed by atoms with Crippen LogP contribution >= 0.6 is 23.2 Å². The molecule has 0 aromatic heterocycles. The first-order valence-electron chi connectivity index (χ1n) is 10.0. The summed E-state index contributed by atoms with van der Waals surface area (Å²) in [6.07, 6.45) is 0. The molecule has 0 unspecified atom stereocenters. The van der Waals surface area contributed by atoms with Gasteiger partial charge in [-0.15, -0.1) is 0 Å². The molecule has 5 heteroatoms. The van der Waals surface area contributed by atoms with Crippen LogP contribution in [0.5, 0.6) is 11.5 Å². The number of halogens is 2. The topological polar surface area (TPSA) is 43.4 Å². The summed E-state index contributed by atoms with van der Waals surface area (Å²) in [7, 11) is 0. The van der Waals surface area contributed by atoms with Gasteiger partial charge in [0.15, 0.2) is 0 Å². The van der Waals surface area contributed by atoms with Crippen molar-refractivity contribution in [3.63, 3.8) is 0 Å². The number of rotatable bonds is 2. The molecule has 0 atom stereocenters. The van der Waals surface area contributed by atoms with Gasteiger partial charge in [0, 0.05) is 16.5 Å². The maximum atomic E-state index is 12.3. The summed E-state index contributed by atoms with van der Waals surface area (Å²) < 4.78 is 6.22. The van der Waals surface area contributed by atoms with E-state index in [1.54, 1.807) is 12.1 Å². The van der Waals surface area contributed by atoms with Crippen LogP contribution < -0.4 is 4.74 Å². The number of hydrogen-bond acceptors (Lipinski definition) is 3. The van der Waals surface area contributed by atoms with Crippen molar-refractivity contribution in [1.29, 1.82) is 0 Å². The molecule has 2 aromatic carbocycles. The molecule has 3 rings (SSSR count). The van der Waals surface area contributed by atoms with Crippen molar-refractivity contribution in [2.75, 3.05) is 0 Å². The molecule has 0 saturated heterocycles. The summed E-state index contributed by atoms with van der Waals surface area (Å²) in [5.74, 6) is 0.784. The van der Waals surface area contributed by atoms with Crippen molar-refractivity contribution in [2.24, 2.45) is 0 Å². The minimum atomic E-state index is -0.596. The van der Waals surface area contributed by atoms with Crippen LogP contribution in [0, 0.1) is 0 Å². The number of fused-ring (bicyclic) bond motifs is 2. The van der Waals surface area contributed by atoms with Crippen LogP contribution in [0.2, 0.25) is 0 Å². The molecule has 1 aliphatic heterocycles. The van der Waals surface area contributed by atoms with Gasteiger partial charge >= 0.3 is 0 Å². The number of carbonyl (C=O) groups is 2. The lowest BCUT2D eigenvalue weighted by Gasteiger charge is -2.38. The van der Waals surface area contributed by atoms with Crippen LogP contribution in [-0.2, 0) is 16.2 Å². The highest BCUT2D eigenvalue weighted by Crippen LogP contribution is 2.53. The van der Waals surface area contributed by atoms with Crippen LogP contribution in [0.15, 0.2) is 24.3 Å². The summed E-state index contributed by atoms with van der Waals surface area (Å²) in [6, 6.07) is 7.71. The molecule has 160 valence electrons. The molecule has 3 nitrogen and oxygen atoms in total. The van der Waals surface area contributed by atoms with E-state index in [0.717, 1.165) is 22.3 Å². The van der Waals surface area contributed by atoms with Gasteiger partial charge in [-0.25, -0.2) is 0 Å². The van der Waals surface area contributed by atoms with E-state index in [2.05, 4.69) is 67.5 Å². The van der Waals surface area contributed by atoms with Crippen LogP contribution in [0.4, 0.5) is 0 Å². The molecule has 0 amide bonds. The minimum Gasteiger partial charge on any atom is -0.455 e. The third-order valence-corrected chi connectivity index (χ3v) is 6.29. The van der Waals surface area contributed by atoms with E-state index >= 15 is 0 Å². The zero-order chi connectivity index (χ0) is 22.8. The zero-order valence-electron chi connectivity index (χ0n) is 18.8. The molecule has 0 fully saturated rings. The molecular weight excluding hydrogens is 419 g/mol. The fraction of sp³-hybridized carbons (Fsp3) is 0.440. The summed E-state index contributed by atoms with van der Waals surface area (Å²) >= 11 is 11.9. The normalized spacial score (nSPS) is 15.1. The van der Waals surface area contributed by atoms with E-state index in [9.17, 15) is 9.59 Å². The van der Waals surface area contributed by atoms with Crippen LogP contribution in [0.1, 0.15) is 98.4 Å². The first-order chi connectivity index (χ1) is 13.5. The number of hydrogen-bond donors (Lipinski definition) is 0. The SMILES string of the molecule is CC(C)(C)c1cc(C(=O)Cl)c2c(c1)C(C)(C)c1cc(C(C)(C)C)cc(C(=O)Cl)c1O2. The van der Waals surface area contributed by atoms with Crippen molar-refractivity contribution in [2.45, 2.75) is 71.6 Å². The lowest BCUT2D eigenvalue weighted by molar-refractivity contribution is 0.107. The van der Waals surface area contributed by atoms with Gasteiger partial charge in [-0.1, -0.05) is 67.5 Å². The number of ether oxygens (including phenoxy) is 1. The molecule has 1 heterocycles. The van der Waals surface area contributed by atoms with Gasteiger partial charge in [-0.3, -0.25) is 9.59 Å². The molecular formula is C25H28Cl2O3. The molecule has 2 aromatic rings. The first kappa shape index (κ1) is 22.8. The largest absolute Gasteiger partial charge is 0.455 e. The highest BCUT2D eigenvalue weighted by molar-refractivity contribution is 6.68. The van der Waals surface area contributed by atoms with E-state index in [1.165, 1.54) is 0 Å². The van der Waals surface area contributed by atoms with Crippen molar-refractivity contribution >= 4 is 33.7 Å². The van der Waals surface area contributed by atoms with Gasteiger partial charge in [0.1, 0.15) is 11.5 Å². The van der Waals surface area contributed by atoms with Gasteiger partial charge in [0.2, 0.25) is 0 Å². The lowest BCUT2D eigenvalue weighted by Crippen LogP contribution is -2.29. The summed E-state index contributed by atoms with van der Waals surface area (Å²) in [5.41, 5.74) is 3.41. The summed E-state index contributed by atoms with van der Waals surface area (Å²) in [6.45, 7) is 16.7. The van der Waals surface area contributed by atoms with E-state index < -0.39 is 15.9 Å². The predicted octanol–water partition coefficient (Wildman–Crippen LogP) is 7.47. The third kappa shape index (κ3) is 3.78. The van der Waals surface area contributed by atoms with Gasteiger partial charge in [0.25, 0.3) is 10.5 Å². The van der Waals surface area contributed by atoms with Gasteiger partial charge in [-0.05, 0) is 57.3 Å². The average Bonchev–Trinajstić information content (AvgIpc) is 2.58. The van der Waals surface area contributed by atoms with Crippen molar-refractivity contribution in [3.05, 3.63) is 57.6 Å². The summed E-state index contributed by atoms with van der Waals surface area (Å²) in [4.78, 5) is 24.6. The molecule has 30 heavy (non-hydrogen) atoms. The second-order valence-corrected chi connectivity index (χ2v) is 11.3. The van der Waals surface area contributed by atoms with Crippen molar-refractivity contribution < 1.29 is 14.3 Å². The Morgan fingerprint density at radius 2 is 1.07 bits per heavy atom. The maximum Gasteiger partial charge on any atom is 0.256 e. The van der Waals surface area contributed by atoms with Crippen molar-refractivity contribution in [3.8, 4) is 11.5 Å². The quantitative estimate of drug-likeness (QED) is 0.449. The van der Waals surface area contributed by atoms with Gasteiger partial charge < -0.3 is 4.74 Å². The highest BCUT2D eigenvalue weighted by atomic mass is 35.5. The Hall–Kier alpha value is -1.84. The van der Waals surface area contributed by atoms with Crippen molar-refractivity contribution in [1.82, 2.24) is 0 Å². The highest BCUT2D eigenvalue weighted by Gasteiger charge is 2.40. The van der Waals surface area contributed by atoms with Gasteiger partial charge in [-0.2, -0.15) is 0 Å². The summed E-state index contributed by atoms with van der Waals surface area (Å²) in [5, 5.41) is -1.19. The lowest BCUT2D eigenvalue weighted by atomic mass is 9.71. The second kappa shape index (κ2) is 7.10. The Balaban J connectivity index is 2.41. The average molecular weight is 447 g/mol. The molecule has 0 spiro atoms. The molecule has 0 bridgehead atoms. The molecule has 1 aliphatic rings. The van der Waals surface area contributed by atoms with Crippen LogP contribution in [-0.4, -0.2) is 10.5 Å². The molecule has 0 N–H and O–H groups in total. The molecule has 0 aliphatic carbocycles. The first-order valence-corrected chi connectivity index (χ1v) is 10.8. The number of carbonyl (C=O) groups excluding carboxylic acids is 2. The van der Waals surface area contributed by atoms with E-state index in [4.69, 9.17) is 27.9 Å². The van der Waals surface area contributed by atoms with E-state index in [0.29, 0.717) is 22.6 Å². The Kier molecular flexibility index (Phi) is 5.41. The fourth-order valence-electron chi connectivity index (χ4n) is 3.81. The predicted molar refractivity (Wildman–Crippen MR) is 123 cm³/mol. The van der Waals surface area contributed by atoms with E-state index in [1.807, 2.05) is 0 Å². The fourth-order valence-corrected chi connectivity index (χ4v) is 4.09. The smallest absolute Gasteiger partial charge is 0.256 e. The maximum absolute atomic E-state index is 12.3. The Bertz CT molecular complexity index is 984. The van der Waals surface area contributed by atoms with Gasteiger partial charge in [0.05, 0.1) is 11.1 Å². The molecule has 0 radical (unpaired) electrons. The number of benzene rings is 2. The Morgan fingerprint density at radius 3 is 1.33 bits per heavy atom. The third-order valence-electron chi connectivity index (χ3n) is 5.88. The van der Waals surface area contributed by atoms with Crippen LogP contribution in [0.25, 0.3) is 0 Å². The minimum absolute atomic E-state index is 0.184. The second-order valence-electron chi connectivity index (χ2n) is 10.6. The Labute approximate surface area is 188 Å². The Morgan fingerprint density at radius 1 is 0.733 bits per heavy atom.